The Hall–Kier alpha value is -8.46. The number of rotatable bonds is 4. The lowest BCUT2D eigenvalue weighted by Gasteiger charge is -2.24. The second-order valence-corrected chi connectivity index (χ2v) is 16.4. The number of aromatic nitrogens is 2. The van der Waals surface area contributed by atoms with Crippen LogP contribution in [0.5, 0.6) is 0 Å². The molecule has 0 N–H and O–H groups in total. The van der Waals surface area contributed by atoms with Crippen LogP contribution in [-0.4, -0.2) is 9.13 Å². The number of hydrogen-bond donors (Lipinski definition) is 0. The summed E-state index contributed by atoms with van der Waals surface area (Å²) < 4.78 is 5.00. The summed E-state index contributed by atoms with van der Waals surface area (Å²) in [6.07, 6.45) is 4.02. The number of nitrogens with zero attached hydrogens (tertiary/aromatic N) is 2. The van der Waals surface area contributed by atoms with Crippen molar-refractivity contribution in [2.45, 2.75) is 0 Å². The normalized spacial score (nSPS) is 11.6. The summed E-state index contributed by atoms with van der Waals surface area (Å²) in [5, 5.41) is 17.4. The summed E-state index contributed by atoms with van der Waals surface area (Å²) in [7, 11) is 0. The van der Waals surface area contributed by atoms with Crippen molar-refractivity contribution in [3.05, 3.63) is 243 Å². The summed E-state index contributed by atoms with van der Waals surface area (Å²) in [6, 6.07) is 79.8. The fourth-order valence-electron chi connectivity index (χ4n) is 10.5. The van der Waals surface area contributed by atoms with Gasteiger partial charge < -0.3 is 9.13 Å². The van der Waals surface area contributed by atoms with Crippen molar-refractivity contribution in [2.75, 3.05) is 0 Å². The van der Waals surface area contributed by atoms with E-state index in [1.807, 2.05) is 12.2 Å². The summed E-state index contributed by atoms with van der Waals surface area (Å²) in [5.74, 6) is 0. The average molecular weight is 815 g/mol. The second kappa shape index (κ2) is 15.2. The molecule has 0 atom stereocenters. The van der Waals surface area contributed by atoms with Crippen molar-refractivity contribution in [1.82, 2.24) is 9.13 Å². The lowest BCUT2D eigenvalue weighted by molar-refractivity contribution is 1.11. The van der Waals surface area contributed by atoms with Crippen LogP contribution < -0.4 is 0 Å². The predicted octanol–water partition coefficient (Wildman–Crippen LogP) is 17.2. The van der Waals surface area contributed by atoms with Crippen molar-refractivity contribution >= 4 is 109 Å². The molecule has 0 unspecified atom stereocenters. The van der Waals surface area contributed by atoms with Gasteiger partial charge in [0.1, 0.15) is 0 Å². The lowest BCUT2D eigenvalue weighted by atomic mass is 9.96. The van der Waals surface area contributed by atoms with E-state index in [0.29, 0.717) is 0 Å². The zero-order valence-corrected chi connectivity index (χ0v) is 35.2. The molecule has 0 spiro atoms. The Bertz CT molecular complexity index is 3900. The molecule has 12 rings (SSSR count). The Morgan fingerprint density at radius 1 is 0.234 bits per heavy atom. The minimum Gasteiger partial charge on any atom is -0.308 e. The zero-order valence-electron chi connectivity index (χ0n) is 35.2. The maximum absolute atomic E-state index is 4.57. The van der Waals surface area contributed by atoms with Crippen LogP contribution in [0.2, 0.25) is 0 Å². The first-order chi connectivity index (χ1) is 31.7. The average Bonchev–Trinajstić information content (AvgIpc) is 3.43. The highest BCUT2D eigenvalue weighted by Gasteiger charge is 2.22. The van der Waals surface area contributed by atoms with Crippen molar-refractivity contribution in [3.8, 4) is 11.4 Å². The van der Waals surface area contributed by atoms with Gasteiger partial charge in [0.05, 0.1) is 33.6 Å². The first-order valence-corrected chi connectivity index (χ1v) is 21.9. The van der Waals surface area contributed by atoms with Crippen molar-refractivity contribution in [2.24, 2.45) is 0 Å². The molecule has 0 aliphatic heterocycles. The van der Waals surface area contributed by atoms with Gasteiger partial charge in [0.2, 0.25) is 0 Å². The molecule has 0 saturated carbocycles. The smallest absolute Gasteiger partial charge is 0.0620 e. The first-order valence-electron chi connectivity index (χ1n) is 21.9. The standard InChI is InChI=1S/C62H42N2/c1-3-41-42-23-5-6-24-43(42)44-25-7-10-28-47(44)50-31-17-20-38-58(50)63(57(41)4-2)61-53-34-13-15-36-55(53)62(56-37-16-14-35-54(56)61)64-59-39-21-18-32-51(59)48-29-11-8-26-45(48)46-27-9-12-30-49(46)52-33-19-22-40-60(52)64/h3-40H,1-2H2. The van der Waals surface area contributed by atoms with E-state index < -0.39 is 0 Å². The highest BCUT2D eigenvalue weighted by molar-refractivity contribution is 6.22. The molecule has 0 amide bonds. The van der Waals surface area contributed by atoms with Crippen LogP contribution in [0.15, 0.2) is 232 Å². The zero-order chi connectivity index (χ0) is 42.7. The molecule has 12 aromatic rings. The molecule has 0 fully saturated rings. The third-order valence-electron chi connectivity index (χ3n) is 13.1. The Morgan fingerprint density at radius 3 is 0.797 bits per heavy atom. The fraction of sp³-hybridized carbons (Fsp3) is 0. The largest absolute Gasteiger partial charge is 0.308 e. The Morgan fingerprint density at radius 2 is 0.469 bits per heavy atom. The molecule has 0 bridgehead atoms. The van der Waals surface area contributed by atoms with Gasteiger partial charge in [-0.3, -0.25) is 0 Å². The lowest BCUT2D eigenvalue weighted by Crippen LogP contribution is -2.07. The van der Waals surface area contributed by atoms with Gasteiger partial charge in [0.25, 0.3) is 0 Å². The third-order valence-corrected chi connectivity index (χ3v) is 13.1. The molecule has 2 heterocycles. The number of hydrogen-bond acceptors (Lipinski definition) is 0. The minimum absolute atomic E-state index is 0.956. The van der Waals surface area contributed by atoms with E-state index in [1.54, 1.807) is 0 Å². The van der Waals surface area contributed by atoms with Crippen LogP contribution in [-0.2, 0) is 0 Å². The maximum Gasteiger partial charge on any atom is 0.0620 e. The maximum atomic E-state index is 4.57. The molecular formula is C62H42N2. The van der Waals surface area contributed by atoms with Gasteiger partial charge in [-0.25, -0.2) is 0 Å². The highest BCUT2D eigenvalue weighted by atomic mass is 15.0. The van der Waals surface area contributed by atoms with Gasteiger partial charge in [-0.1, -0.05) is 219 Å². The molecule has 2 aromatic heterocycles. The van der Waals surface area contributed by atoms with Gasteiger partial charge in [-0.2, -0.15) is 0 Å². The molecule has 2 nitrogen and oxygen atoms in total. The van der Waals surface area contributed by atoms with E-state index in [4.69, 9.17) is 0 Å². The topological polar surface area (TPSA) is 9.86 Å². The Balaban J connectivity index is 1.38. The fourth-order valence-corrected chi connectivity index (χ4v) is 10.5. The Kier molecular flexibility index (Phi) is 8.84. The van der Waals surface area contributed by atoms with Crippen LogP contribution in [0.4, 0.5) is 0 Å². The molecule has 0 aliphatic carbocycles. The SMILES string of the molecule is C=Cc1c(C=C)n(-c2c3ccccc3c(-n3c4ccccc4c4ccccc4c4ccccc4c4ccccc43)c3ccccc23)c2ccccc2c2ccccc2c2ccccc12. The number of para-hydroxylation sites is 3. The second-order valence-electron chi connectivity index (χ2n) is 16.4. The van der Waals surface area contributed by atoms with Crippen LogP contribution in [0, 0.1) is 0 Å². The monoisotopic (exact) mass is 814 g/mol. The molecule has 0 saturated heterocycles. The highest BCUT2D eigenvalue weighted by Crippen LogP contribution is 2.44. The summed E-state index contributed by atoms with van der Waals surface area (Å²) in [4.78, 5) is 0. The van der Waals surface area contributed by atoms with Crippen LogP contribution in [0.1, 0.15) is 11.3 Å². The van der Waals surface area contributed by atoms with Crippen molar-refractivity contribution < 1.29 is 0 Å². The minimum atomic E-state index is 0.956. The molecule has 64 heavy (non-hydrogen) atoms. The molecule has 10 aromatic carbocycles. The number of benzene rings is 10. The quantitative estimate of drug-likeness (QED) is 0.157. The molecule has 300 valence electrons. The van der Waals surface area contributed by atoms with Gasteiger partial charge in [0.15, 0.2) is 0 Å². The third kappa shape index (κ3) is 5.59. The Labute approximate surface area is 371 Å². The molecule has 0 radical (unpaired) electrons. The molecular weight excluding hydrogens is 773 g/mol. The molecule has 0 aliphatic rings. The van der Waals surface area contributed by atoms with E-state index >= 15 is 0 Å². The van der Waals surface area contributed by atoms with E-state index in [1.165, 1.54) is 43.1 Å². The van der Waals surface area contributed by atoms with E-state index in [2.05, 4.69) is 241 Å². The van der Waals surface area contributed by atoms with Crippen LogP contribution in [0.3, 0.4) is 0 Å². The van der Waals surface area contributed by atoms with Crippen molar-refractivity contribution in [1.29, 1.82) is 0 Å². The van der Waals surface area contributed by atoms with E-state index in [-0.39, 0.29) is 0 Å². The number of fused-ring (bicyclic) bond motifs is 14. The van der Waals surface area contributed by atoms with Gasteiger partial charge in [-0.05, 0) is 67.4 Å². The van der Waals surface area contributed by atoms with Gasteiger partial charge in [-0.15, -0.1) is 0 Å². The van der Waals surface area contributed by atoms with Crippen molar-refractivity contribution in [3.63, 3.8) is 0 Å². The van der Waals surface area contributed by atoms with Crippen LogP contribution >= 0.6 is 0 Å². The van der Waals surface area contributed by atoms with E-state index in [0.717, 1.165) is 76.9 Å². The van der Waals surface area contributed by atoms with Gasteiger partial charge in [0, 0.05) is 43.3 Å². The van der Waals surface area contributed by atoms with E-state index in [9.17, 15) is 0 Å². The first kappa shape index (κ1) is 37.3. The molecule has 2 heteroatoms. The van der Waals surface area contributed by atoms with Crippen LogP contribution in [0.25, 0.3) is 121 Å². The summed E-state index contributed by atoms with van der Waals surface area (Å²) in [5.41, 5.74) is 7.45. The summed E-state index contributed by atoms with van der Waals surface area (Å²) in [6.45, 7) is 9.05. The predicted molar refractivity (Wildman–Crippen MR) is 278 cm³/mol. The van der Waals surface area contributed by atoms with Gasteiger partial charge >= 0.3 is 0 Å². The summed E-state index contributed by atoms with van der Waals surface area (Å²) >= 11 is 0.